The molecular formula is C16H15N3O2. The summed E-state index contributed by atoms with van der Waals surface area (Å²) in [6.07, 6.45) is 0. The molecule has 0 aliphatic carbocycles. The van der Waals surface area contributed by atoms with Crippen LogP contribution in [0.4, 0.5) is 11.4 Å². The molecule has 2 rings (SSSR count). The average Bonchev–Trinajstić information content (AvgIpc) is 2.53. The molecule has 2 aromatic carbocycles. The van der Waals surface area contributed by atoms with E-state index in [9.17, 15) is 15.4 Å². The van der Waals surface area contributed by atoms with Crippen LogP contribution < -0.4 is 4.90 Å². The van der Waals surface area contributed by atoms with Gasteiger partial charge in [-0.2, -0.15) is 5.26 Å². The minimum Gasteiger partial charge on any atom is -0.366 e. The summed E-state index contributed by atoms with van der Waals surface area (Å²) in [5, 5.41) is 20.0. The third kappa shape index (κ3) is 3.37. The normalized spacial score (nSPS) is 9.90. The fraction of sp³-hybridized carbons (Fsp3) is 0.188. The number of hydrogen-bond acceptors (Lipinski definition) is 4. The van der Waals surface area contributed by atoms with Crippen LogP contribution in [0, 0.1) is 21.4 Å². The van der Waals surface area contributed by atoms with Crippen molar-refractivity contribution in [2.24, 2.45) is 0 Å². The van der Waals surface area contributed by atoms with Crippen LogP contribution in [-0.2, 0) is 6.54 Å². The van der Waals surface area contributed by atoms with E-state index in [0.29, 0.717) is 18.7 Å². The van der Waals surface area contributed by atoms with E-state index in [1.54, 1.807) is 6.07 Å². The molecule has 0 fully saturated rings. The molecule has 0 heterocycles. The molecule has 0 N–H and O–H groups in total. The number of non-ortho nitro benzene ring substituents is 1. The van der Waals surface area contributed by atoms with Crippen LogP contribution in [-0.4, -0.2) is 11.5 Å². The Balaban J connectivity index is 2.34. The molecule has 0 saturated heterocycles. The standard InChI is InChI=1S/C16H15N3O2/c1-2-18(12-13-6-4-3-5-7-13)16-9-8-15(19(20)21)10-14(16)11-17/h3-10H,2,12H2,1H3. The molecule has 0 aromatic heterocycles. The third-order valence-corrected chi connectivity index (χ3v) is 3.25. The van der Waals surface area contributed by atoms with E-state index in [0.717, 1.165) is 11.3 Å². The maximum Gasteiger partial charge on any atom is 0.270 e. The molecule has 21 heavy (non-hydrogen) atoms. The Morgan fingerprint density at radius 2 is 1.95 bits per heavy atom. The molecule has 5 nitrogen and oxygen atoms in total. The van der Waals surface area contributed by atoms with Gasteiger partial charge in [0.1, 0.15) is 6.07 Å². The van der Waals surface area contributed by atoms with Gasteiger partial charge in [0.25, 0.3) is 5.69 Å². The number of nitrogens with zero attached hydrogens (tertiary/aromatic N) is 3. The molecule has 0 bridgehead atoms. The van der Waals surface area contributed by atoms with Crippen molar-refractivity contribution in [1.82, 2.24) is 0 Å². The molecule has 2 aromatic rings. The number of nitro groups is 1. The van der Waals surface area contributed by atoms with Gasteiger partial charge >= 0.3 is 0 Å². The first-order valence-corrected chi connectivity index (χ1v) is 6.63. The average molecular weight is 281 g/mol. The van der Waals surface area contributed by atoms with E-state index in [2.05, 4.69) is 0 Å². The summed E-state index contributed by atoms with van der Waals surface area (Å²) in [6.45, 7) is 3.36. The lowest BCUT2D eigenvalue weighted by Gasteiger charge is -2.24. The van der Waals surface area contributed by atoms with E-state index in [1.807, 2.05) is 48.2 Å². The Hall–Kier alpha value is -2.87. The van der Waals surface area contributed by atoms with Gasteiger partial charge in [0.2, 0.25) is 0 Å². The van der Waals surface area contributed by atoms with Gasteiger partial charge in [0.05, 0.1) is 16.2 Å². The van der Waals surface area contributed by atoms with Gasteiger partial charge in [-0.05, 0) is 18.6 Å². The summed E-state index contributed by atoms with van der Waals surface area (Å²) >= 11 is 0. The highest BCUT2D eigenvalue weighted by Crippen LogP contribution is 2.26. The van der Waals surface area contributed by atoms with Crippen molar-refractivity contribution in [3.63, 3.8) is 0 Å². The van der Waals surface area contributed by atoms with Crippen LogP contribution in [0.25, 0.3) is 0 Å². The molecule has 0 atom stereocenters. The van der Waals surface area contributed by atoms with E-state index < -0.39 is 4.92 Å². The van der Waals surface area contributed by atoms with Crippen LogP contribution in [0.2, 0.25) is 0 Å². The van der Waals surface area contributed by atoms with E-state index >= 15 is 0 Å². The Kier molecular flexibility index (Phi) is 4.52. The van der Waals surface area contributed by atoms with Gasteiger partial charge in [0.15, 0.2) is 0 Å². The van der Waals surface area contributed by atoms with Crippen molar-refractivity contribution in [3.8, 4) is 6.07 Å². The first-order valence-electron chi connectivity index (χ1n) is 6.63. The largest absolute Gasteiger partial charge is 0.366 e. The molecule has 0 aliphatic heterocycles. The topological polar surface area (TPSA) is 70.2 Å². The van der Waals surface area contributed by atoms with Crippen LogP contribution in [0.3, 0.4) is 0 Å². The molecule has 0 unspecified atom stereocenters. The lowest BCUT2D eigenvalue weighted by atomic mass is 10.1. The molecule has 106 valence electrons. The van der Waals surface area contributed by atoms with Crippen molar-refractivity contribution in [3.05, 3.63) is 69.8 Å². The second kappa shape index (κ2) is 6.53. The molecule has 0 amide bonds. The third-order valence-electron chi connectivity index (χ3n) is 3.25. The molecule has 0 radical (unpaired) electrons. The van der Waals surface area contributed by atoms with E-state index in [1.165, 1.54) is 12.1 Å². The maximum atomic E-state index is 10.8. The second-order valence-electron chi connectivity index (χ2n) is 4.57. The summed E-state index contributed by atoms with van der Waals surface area (Å²) in [5.41, 5.74) is 2.10. The first kappa shape index (κ1) is 14.5. The Morgan fingerprint density at radius 1 is 1.24 bits per heavy atom. The number of nitriles is 1. The quantitative estimate of drug-likeness (QED) is 0.621. The first-order chi connectivity index (χ1) is 10.2. The predicted octanol–water partition coefficient (Wildman–Crippen LogP) is 3.49. The zero-order chi connectivity index (χ0) is 15.2. The van der Waals surface area contributed by atoms with Crippen LogP contribution in [0.1, 0.15) is 18.1 Å². The molecule has 0 aliphatic rings. The SMILES string of the molecule is CCN(Cc1ccccc1)c1ccc([N+](=O)[O-])cc1C#N. The minimum absolute atomic E-state index is 0.0638. The smallest absolute Gasteiger partial charge is 0.270 e. The van der Waals surface area contributed by atoms with Gasteiger partial charge in [-0.25, -0.2) is 0 Å². The number of nitro benzene ring substituents is 1. The predicted molar refractivity (Wildman–Crippen MR) is 81.0 cm³/mol. The number of anilines is 1. The molecular weight excluding hydrogens is 266 g/mol. The Morgan fingerprint density at radius 3 is 2.52 bits per heavy atom. The fourth-order valence-corrected chi connectivity index (χ4v) is 2.17. The summed E-state index contributed by atoms with van der Waals surface area (Å²) < 4.78 is 0. The lowest BCUT2D eigenvalue weighted by molar-refractivity contribution is -0.384. The highest BCUT2D eigenvalue weighted by molar-refractivity contribution is 5.63. The van der Waals surface area contributed by atoms with Crippen molar-refractivity contribution in [2.45, 2.75) is 13.5 Å². The number of hydrogen-bond donors (Lipinski definition) is 0. The van der Waals surface area contributed by atoms with E-state index in [4.69, 9.17) is 0 Å². The van der Waals surface area contributed by atoms with E-state index in [-0.39, 0.29) is 5.69 Å². The van der Waals surface area contributed by atoms with Crippen molar-refractivity contribution < 1.29 is 4.92 Å². The zero-order valence-corrected chi connectivity index (χ0v) is 11.7. The number of benzene rings is 2. The minimum atomic E-state index is -0.488. The van der Waals surface area contributed by atoms with Crippen LogP contribution >= 0.6 is 0 Å². The van der Waals surface area contributed by atoms with Gasteiger partial charge in [-0.15, -0.1) is 0 Å². The van der Waals surface area contributed by atoms with Gasteiger partial charge in [0, 0.05) is 25.2 Å². The summed E-state index contributed by atoms with van der Waals surface area (Å²) in [4.78, 5) is 12.3. The van der Waals surface area contributed by atoms with Crippen LogP contribution in [0.5, 0.6) is 0 Å². The molecule has 0 saturated carbocycles. The number of rotatable bonds is 5. The molecule has 0 spiro atoms. The van der Waals surface area contributed by atoms with Crippen molar-refractivity contribution in [2.75, 3.05) is 11.4 Å². The van der Waals surface area contributed by atoms with Gasteiger partial charge in [-0.3, -0.25) is 10.1 Å². The summed E-state index contributed by atoms with van der Waals surface area (Å²) in [7, 11) is 0. The highest BCUT2D eigenvalue weighted by atomic mass is 16.6. The summed E-state index contributed by atoms with van der Waals surface area (Å²) in [6, 6.07) is 16.3. The van der Waals surface area contributed by atoms with Crippen LogP contribution in [0.15, 0.2) is 48.5 Å². The fourth-order valence-electron chi connectivity index (χ4n) is 2.17. The lowest BCUT2D eigenvalue weighted by Crippen LogP contribution is -2.22. The zero-order valence-electron chi connectivity index (χ0n) is 11.7. The highest BCUT2D eigenvalue weighted by Gasteiger charge is 2.15. The molecule has 5 heteroatoms. The monoisotopic (exact) mass is 281 g/mol. The Bertz CT molecular complexity index is 678. The summed E-state index contributed by atoms with van der Waals surface area (Å²) in [5.74, 6) is 0. The van der Waals surface area contributed by atoms with Crippen molar-refractivity contribution >= 4 is 11.4 Å². The van der Waals surface area contributed by atoms with Gasteiger partial charge < -0.3 is 4.90 Å². The maximum absolute atomic E-state index is 10.8. The second-order valence-corrected chi connectivity index (χ2v) is 4.57. The van der Waals surface area contributed by atoms with Crippen molar-refractivity contribution in [1.29, 1.82) is 5.26 Å². The van der Waals surface area contributed by atoms with Gasteiger partial charge in [-0.1, -0.05) is 30.3 Å². The Labute approximate surface area is 123 Å².